The molecule has 0 aliphatic heterocycles. The first-order chi connectivity index (χ1) is 39.0. The van der Waals surface area contributed by atoms with E-state index in [0.717, 1.165) is 122 Å². The maximum absolute atomic E-state index is 12.9. The van der Waals surface area contributed by atoms with E-state index in [-0.39, 0.29) is 31.1 Å². The fraction of sp³-hybridized carbons (Fsp3) is 0.712. The second kappa shape index (κ2) is 66.6. The molecule has 0 radical (unpaired) electrons. The summed E-state index contributed by atoms with van der Waals surface area (Å²) in [6, 6.07) is 0. The second-order valence-electron chi connectivity index (χ2n) is 22.0. The van der Waals surface area contributed by atoms with Gasteiger partial charge in [0.25, 0.3) is 0 Å². The van der Waals surface area contributed by atoms with Crippen LogP contribution in [0.4, 0.5) is 0 Å². The quantitative estimate of drug-likeness (QED) is 0.0261. The Morgan fingerprint density at radius 2 is 0.494 bits per heavy atom. The van der Waals surface area contributed by atoms with Gasteiger partial charge in [-0.1, -0.05) is 304 Å². The summed E-state index contributed by atoms with van der Waals surface area (Å²) in [5.41, 5.74) is 0. The van der Waals surface area contributed by atoms with Crippen molar-refractivity contribution in [2.75, 3.05) is 13.2 Å². The average molecular weight is 1100 g/mol. The lowest BCUT2D eigenvalue weighted by Gasteiger charge is -2.18. The van der Waals surface area contributed by atoms with Crippen molar-refractivity contribution in [1.82, 2.24) is 0 Å². The van der Waals surface area contributed by atoms with Gasteiger partial charge in [-0.15, -0.1) is 0 Å². The third kappa shape index (κ3) is 64.8. The van der Waals surface area contributed by atoms with E-state index >= 15 is 0 Å². The molecule has 452 valence electrons. The Morgan fingerprint density at radius 3 is 0.772 bits per heavy atom. The van der Waals surface area contributed by atoms with Crippen LogP contribution in [0.1, 0.15) is 316 Å². The molecule has 0 saturated heterocycles. The molecule has 0 bridgehead atoms. The molecule has 0 spiro atoms. The number of esters is 3. The monoisotopic (exact) mass is 1100 g/mol. The summed E-state index contributed by atoms with van der Waals surface area (Å²) < 4.78 is 16.9. The van der Waals surface area contributed by atoms with Crippen molar-refractivity contribution >= 4 is 17.9 Å². The van der Waals surface area contributed by atoms with Gasteiger partial charge in [0.05, 0.1) is 0 Å². The molecular weight excluding hydrogens is 973 g/mol. The molecule has 1 atom stereocenters. The maximum Gasteiger partial charge on any atom is 0.306 e. The summed E-state index contributed by atoms with van der Waals surface area (Å²) in [6.07, 6.45) is 91.0. The van der Waals surface area contributed by atoms with Crippen molar-refractivity contribution < 1.29 is 28.6 Å². The highest BCUT2D eigenvalue weighted by Crippen LogP contribution is 2.17. The Morgan fingerprint density at radius 1 is 0.266 bits per heavy atom. The molecule has 0 fully saturated rings. The first-order valence-electron chi connectivity index (χ1n) is 33.4. The SMILES string of the molecule is CC/C=C\C/C=C\C/C=C\C/C=C\C/C=C\C/C=C\CCCCCCCCCCCCCCC(=O)OCC(COC(=O)CCCCCCCCCCCCCCC)OC(=O)CCCCCCCCC/C=C\C/C=C\C/C=C\CC. The Bertz CT molecular complexity index is 1590. The minimum Gasteiger partial charge on any atom is -0.462 e. The van der Waals surface area contributed by atoms with E-state index in [1.54, 1.807) is 0 Å². The highest BCUT2D eigenvalue weighted by atomic mass is 16.6. The molecule has 79 heavy (non-hydrogen) atoms. The number of unbranched alkanes of at least 4 members (excludes halogenated alkanes) is 31. The highest BCUT2D eigenvalue weighted by Gasteiger charge is 2.19. The van der Waals surface area contributed by atoms with E-state index in [2.05, 4.69) is 130 Å². The Kier molecular flexibility index (Phi) is 63.3. The van der Waals surface area contributed by atoms with Crippen LogP contribution in [-0.4, -0.2) is 37.2 Å². The van der Waals surface area contributed by atoms with Crippen LogP contribution in [0.2, 0.25) is 0 Å². The normalized spacial score (nSPS) is 12.8. The second-order valence-corrected chi connectivity index (χ2v) is 22.0. The van der Waals surface area contributed by atoms with E-state index in [4.69, 9.17) is 14.2 Å². The standard InChI is InChI=1S/C73H124O6/c1-4-7-10-13-16-19-22-25-27-29-30-31-32-33-34-35-36-37-38-39-40-41-42-44-45-48-51-54-57-60-63-66-72(75)78-69-70(68-77-71(74)65-62-59-56-53-50-47-24-21-18-15-12-9-6-3)79-73(76)67-64-61-58-55-52-49-46-43-28-26-23-20-17-14-11-8-5-2/h7-8,10-11,16-17,19-20,25-28,30-31,33-34,36-37,70H,4-6,9,12-15,18,21-24,29,32,35,38-69H2,1-3H3/b10-7-,11-8-,19-16-,20-17-,27-25-,28-26-,31-30-,34-33-,37-36-. The molecule has 0 amide bonds. The molecule has 0 heterocycles. The maximum atomic E-state index is 12.9. The van der Waals surface area contributed by atoms with Crippen LogP contribution in [-0.2, 0) is 28.6 Å². The van der Waals surface area contributed by atoms with Crippen LogP contribution in [0.25, 0.3) is 0 Å². The van der Waals surface area contributed by atoms with Gasteiger partial charge in [-0.3, -0.25) is 14.4 Å². The minimum absolute atomic E-state index is 0.0795. The van der Waals surface area contributed by atoms with Crippen molar-refractivity contribution in [2.24, 2.45) is 0 Å². The summed E-state index contributed by atoms with van der Waals surface area (Å²) in [5, 5.41) is 0. The molecule has 0 rings (SSSR count). The molecule has 6 nitrogen and oxygen atoms in total. The number of hydrogen-bond acceptors (Lipinski definition) is 6. The van der Waals surface area contributed by atoms with Crippen molar-refractivity contribution in [2.45, 2.75) is 322 Å². The number of rotatable bonds is 60. The Hall–Kier alpha value is -3.93. The van der Waals surface area contributed by atoms with E-state index < -0.39 is 6.10 Å². The summed E-state index contributed by atoms with van der Waals surface area (Å²) in [4.78, 5) is 38.3. The molecule has 0 aliphatic rings. The van der Waals surface area contributed by atoms with E-state index in [1.807, 2.05) is 0 Å². The van der Waals surface area contributed by atoms with Gasteiger partial charge in [0.1, 0.15) is 13.2 Å². The zero-order valence-corrected chi connectivity index (χ0v) is 51.9. The molecule has 0 aliphatic carbocycles. The minimum atomic E-state index is -0.784. The van der Waals surface area contributed by atoms with Crippen LogP contribution in [0, 0.1) is 0 Å². The zero-order valence-electron chi connectivity index (χ0n) is 51.9. The molecule has 0 aromatic carbocycles. The molecule has 0 saturated carbocycles. The van der Waals surface area contributed by atoms with Crippen molar-refractivity contribution in [3.63, 3.8) is 0 Å². The largest absolute Gasteiger partial charge is 0.462 e. The van der Waals surface area contributed by atoms with Crippen molar-refractivity contribution in [3.8, 4) is 0 Å². The van der Waals surface area contributed by atoms with Gasteiger partial charge >= 0.3 is 17.9 Å². The van der Waals surface area contributed by atoms with Crippen LogP contribution >= 0.6 is 0 Å². The number of carbonyl (C=O) groups is 3. The highest BCUT2D eigenvalue weighted by molar-refractivity contribution is 5.71. The van der Waals surface area contributed by atoms with Gasteiger partial charge in [-0.05, 0) is 103 Å². The van der Waals surface area contributed by atoms with Crippen molar-refractivity contribution in [3.05, 3.63) is 109 Å². The van der Waals surface area contributed by atoms with Crippen LogP contribution in [0.15, 0.2) is 109 Å². The summed E-state index contributed by atoms with van der Waals surface area (Å²) in [5.74, 6) is -0.880. The topological polar surface area (TPSA) is 78.9 Å². The van der Waals surface area contributed by atoms with Gasteiger partial charge in [0, 0.05) is 19.3 Å². The number of carbonyl (C=O) groups excluding carboxylic acids is 3. The van der Waals surface area contributed by atoms with Gasteiger partial charge < -0.3 is 14.2 Å². The van der Waals surface area contributed by atoms with E-state index in [9.17, 15) is 14.4 Å². The smallest absolute Gasteiger partial charge is 0.306 e. The average Bonchev–Trinajstić information content (AvgIpc) is 3.45. The third-order valence-corrected chi connectivity index (χ3v) is 14.3. The zero-order chi connectivity index (χ0) is 57.1. The number of hydrogen-bond donors (Lipinski definition) is 0. The fourth-order valence-corrected chi connectivity index (χ4v) is 9.35. The Labute approximate surface area is 489 Å². The van der Waals surface area contributed by atoms with Crippen LogP contribution in [0.3, 0.4) is 0 Å². The van der Waals surface area contributed by atoms with Gasteiger partial charge in [0.15, 0.2) is 6.10 Å². The lowest BCUT2D eigenvalue weighted by atomic mass is 10.0. The molecule has 0 N–H and O–H groups in total. The predicted octanol–water partition coefficient (Wildman–Crippen LogP) is 23.0. The lowest BCUT2D eigenvalue weighted by molar-refractivity contribution is -0.167. The molecule has 0 aromatic heterocycles. The fourth-order valence-electron chi connectivity index (χ4n) is 9.35. The first-order valence-corrected chi connectivity index (χ1v) is 33.4. The van der Waals surface area contributed by atoms with Gasteiger partial charge in [-0.25, -0.2) is 0 Å². The number of ether oxygens (including phenoxy) is 3. The third-order valence-electron chi connectivity index (χ3n) is 14.3. The van der Waals surface area contributed by atoms with Gasteiger partial charge in [0.2, 0.25) is 0 Å². The van der Waals surface area contributed by atoms with Crippen LogP contribution < -0.4 is 0 Å². The summed E-state index contributed by atoms with van der Waals surface area (Å²) >= 11 is 0. The van der Waals surface area contributed by atoms with Crippen LogP contribution in [0.5, 0.6) is 0 Å². The van der Waals surface area contributed by atoms with Crippen molar-refractivity contribution in [1.29, 1.82) is 0 Å². The van der Waals surface area contributed by atoms with Gasteiger partial charge in [-0.2, -0.15) is 0 Å². The summed E-state index contributed by atoms with van der Waals surface area (Å²) in [7, 11) is 0. The summed E-state index contributed by atoms with van der Waals surface area (Å²) in [6.45, 7) is 6.43. The van der Waals surface area contributed by atoms with E-state index in [1.165, 1.54) is 154 Å². The molecule has 1 unspecified atom stereocenters. The first kappa shape index (κ1) is 75.1. The molecule has 0 aromatic rings. The number of allylic oxidation sites excluding steroid dienone is 18. The predicted molar refractivity (Wildman–Crippen MR) is 343 cm³/mol. The lowest BCUT2D eigenvalue weighted by Crippen LogP contribution is -2.30. The molecule has 6 heteroatoms. The van der Waals surface area contributed by atoms with E-state index in [0.29, 0.717) is 19.3 Å². The Balaban J connectivity index is 4.25. The molecular formula is C73H124O6.